The van der Waals surface area contributed by atoms with Crippen molar-refractivity contribution in [3.63, 3.8) is 0 Å². The number of nitrogens with two attached hydrogens (primary N) is 1. The van der Waals surface area contributed by atoms with Crippen molar-refractivity contribution < 1.29 is 9.50 Å². The molecule has 1 atom stereocenters. The largest absolute Gasteiger partial charge is 0.384 e. The Kier molecular flexibility index (Phi) is 2.38. The van der Waals surface area contributed by atoms with Gasteiger partial charge >= 0.3 is 0 Å². The van der Waals surface area contributed by atoms with Gasteiger partial charge in [-0.25, -0.2) is 9.37 Å². The molecule has 0 spiro atoms. The first kappa shape index (κ1) is 10.7. The Bertz CT molecular complexity index is 562. The molecule has 4 nitrogen and oxygen atoms in total. The third-order valence-electron chi connectivity index (χ3n) is 3.11. The molecular weight excluding hydrogens is 221 g/mol. The molecule has 0 amide bonds. The lowest BCUT2D eigenvalue weighted by Gasteiger charge is -2.11. The zero-order valence-electron chi connectivity index (χ0n) is 9.31. The van der Waals surface area contributed by atoms with Gasteiger partial charge < -0.3 is 15.4 Å². The van der Waals surface area contributed by atoms with Crippen LogP contribution in [0.25, 0.3) is 11.0 Å². The van der Waals surface area contributed by atoms with E-state index in [4.69, 9.17) is 5.73 Å². The van der Waals surface area contributed by atoms with E-state index in [1.54, 1.807) is 6.07 Å². The lowest BCUT2D eigenvalue weighted by Crippen LogP contribution is -2.16. The highest BCUT2D eigenvalue weighted by Gasteiger charge is 2.30. The van der Waals surface area contributed by atoms with Crippen LogP contribution in [-0.2, 0) is 0 Å². The first-order chi connectivity index (χ1) is 8.20. The van der Waals surface area contributed by atoms with Gasteiger partial charge in [0.05, 0.1) is 11.0 Å². The Morgan fingerprint density at radius 1 is 1.53 bits per heavy atom. The summed E-state index contributed by atoms with van der Waals surface area (Å²) in [5.74, 6) is 0.238. The normalized spacial score (nSPS) is 17.6. The molecule has 3 N–H and O–H groups in total. The molecule has 0 radical (unpaired) electrons. The van der Waals surface area contributed by atoms with Crippen molar-refractivity contribution >= 4 is 11.0 Å². The van der Waals surface area contributed by atoms with E-state index in [0.717, 1.165) is 18.4 Å². The predicted octanol–water partition coefficient (Wildman–Crippen LogP) is 1.50. The van der Waals surface area contributed by atoms with Crippen LogP contribution in [0, 0.1) is 5.82 Å². The Morgan fingerprint density at radius 2 is 2.29 bits per heavy atom. The van der Waals surface area contributed by atoms with Crippen LogP contribution in [0.1, 0.15) is 30.8 Å². The summed E-state index contributed by atoms with van der Waals surface area (Å²) >= 11 is 0. The molecule has 1 unspecified atom stereocenters. The van der Waals surface area contributed by atoms with Gasteiger partial charge in [0.1, 0.15) is 17.7 Å². The number of aromatic nitrogens is 2. The summed E-state index contributed by atoms with van der Waals surface area (Å²) in [7, 11) is 0. The number of benzene rings is 1. The van der Waals surface area contributed by atoms with Gasteiger partial charge in [-0.3, -0.25) is 0 Å². The Labute approximate surface area is 97.9 Å². The van der Waals surface area contributed by atoms with Crippen LogP contribution in [0.5, 0.6) is 0 Å². The van der Waals surface area contributed by atoms with E-state index >= 15 is 0 Å². The summed E-state index contributed by atoms with van der Waals surface area (Å²) in [6.07, 6.45) is 1.37. The van der Waals surface area contributed by atoms with Gasteiger partial charge in [-0.2, -0.15) is 0 Å². The van der Waals surface area contributed by atoms with Crippen molar-refractivity contribution in [2.45, 2.75) is 25.0 Å². The van der Waals surface area contributed by atoms with Gasteiger partial charge in [-0.15, -0.1) is 0 Å². The van der Waals surface area contributed by atoms with Gasteiger partial charge in [-0.05, 0) is 25.0 Å². The number of aliphatic hydroxyl groups is 1. The van der Waals surface area contributed by atoms with Crippen molar-refractivity contribution in [1.82, 2.24) is 9.55 Å². The smallest absolute Gasteiger partial charge is 0.140 e. The van der Waals surface area contributed by atoms with Gasteiger partial charge in [-0.1, -0.05) is 0 Å². The van der Waals surface area contributed by atoms with Crippen molar-refractivity contribution in [2.75, 3.05) is 6.54 Å². The number of hydrogen-bond acceptors (Lipinski definition) is 3. The average molecular weight is 235 g/mol. The maximum absolute atomic E-state index is 13.1. The number of nitrogens with zero attached hydrogens (tertiary/aromatic N) is 2. The minimum absolute atomic E-state index is 0.124. The van der Waals surface area contributed by atoms with Crippen molar-refractivity contribution in [3.05, 3.63) is 29.8 Å². The van der Waals surface area contributed by atoms with Crippen LogP contribution < -0.4 is 5.73 Å². The van der Waals surface area contributed by atoms with E-state index in [0.29, 0.717) is 17.4 Å². The van der Waals surface area contributed by atoms with Crippen LogP contribution >= 0.6 is 0 Å². The monoisotopic (exact) mass is 235 g/mol. The fourth-order valence-corrected chi connectivity index (χ4v) is 2.15. The van der Waals surface area contributed by atoms with Gasteiger partial charge in [0.25, 0.3) is 0 Å². The quantitative estimate of drug-likeness (QED) is 0.847. The summed E-state index contributed by atoms with van der Waals surface area (Å²) in [4.78, 5) is 4.30. The number of halogens is 1. The number of imidazole rings is 1. The molecule has 3 rings (SSSR count). The van der Waals surface area contributed by atoms with E-state index in [1.807, 2.05) is 4.57 Å². The van der Waals surface area contributed by atoms with Crippen LogP contribution in [0.3, 0.4) is 0 Å². The lowest BCUT2D eigenvalue weighted by molar-refractivity contribution is 0.172. The van der Waals surface area contributed by atoms with Crippen LogP contribution in [-0.4, -0.2) is 21.2 Å². The Morgan fingerprint density at radius 3 is 2.94 bits per heavy atom. The second-order valence-corrected chi connectivity index (χ2v) is 4.46. The second kappa shape index (κ2) is 3.78. The van der Waals surface area contributed by atoms with Crippen molar-refractivity contribution in [3.8, 4) is 0 Å². The maximum atomic E-state index is 13.1. The van der Waals surface area contributed by atoms with E-state index in [2.05, 4.69) is 4.98 Å². The molecule has 0 bridgehead atoms. The third kappa shape index (κ3) is 1.71. The summed E-state index contributed by atoms with van der Waals surface area (Å²) < 4.78 is 15.1. The summed E-state index contributed by atoms with van der Waals surface area (Å²) in [6, 6.07) is 4.90. The predicted molar refractivity (Wildman–Crippen MR) is 62.0 cm³/mol. The highest BCUT2D eigenvalue weighted by molar-refractivity contribution is 5.76. The standard InChI is InChI=1S/C12H14FN3O/c13-7-1-4-10-9(5-7)15-12(11(17)6-14)16(10)8-2-3-8/h1,4-5,8,11,17H,2-3,6,14H2. The fraction of sp³-hybridized carbons (Fsp3) is 0.417. The molecule has 1 aromatic heterocycles. The average Bonchev–Trinajstić information content (AvgIpc) is 3.09. The van der Waals surface area contributed by atoms with Crippen LogP contribution in [0.4, 0.5) is 4.39 Å². The summed E-state index contributed by atoms with van der Waals surface area (Å²) in [6.45, 7) is 0.124. The molecule has 2 aromatic rings. The molecule has 1 heterocycles. The molecule has 1 aliphatic rings. The molecule has 1 aliphatic carbocycles. The van der Waals surface area contributed by atoms with Crippen molar-refractivity contribution in [1.29, 1.82) is 0 Å². The highest BCUT2D eigenvalue weighted by atomic mass is 19.1. The minimum atomic E-state index is -0.786. The van der Waals surface area contributed by atoms with E-state index in [1.165, 1.54) is 12.1 Å². The summed E-state index contributed by atoms with van der Waals surface area (Å²) in [5, 5.41) is 9.86. The van der Waals surface area contributed by atoms with Gasteiger partial charge in [0.15, 0.2) is 0 Å². The topological polar surface area (TPSA) is 64.1 Å². The molecule has 17 heavy (non-hydrogen) atoms. The number of fused-ring (bicyclic) bond motifs is 1. The molecular formula is C12H14FN3O. The number of rotatable bonds is 3. The summed E-state index contributed by atoms with van der Waals surface area (Å²) in [5.41, 5.74) is 6.92. The SMILES string of the molecule is NCC(O)c1nc2cc(F)ccc2n1C1CC1. The van der Waals surface area contributed by atoms with E-state index < -0.39 is 6.10 Å². The van der Waals surface area contributed by atoms with E-state index in [9.17, 15) is 9.50 Å². The van der Waals surface area contributed by atoms with Gasteiger partial charge in [0, 0.05) is 18.7 Å². The highest BCUT2D eigenvalue weighted by Crippen LogP contribution is 2.39. The second-order valence-electron chi connectivity index (χ2n) is 4.46. The zero-order chi connectivity index (χ0) is 12.0. The fourth-order valence-electron chi connectivity index (χ4n) is 2.15. The molecule has 0 aliphatic heterocycles. The lowest BCUT2D eigenvalue weighted by atomic mass is 10.3. The molecule has 1 fully saturated rings. The van der Waals surface area contributed by atoms with E-state index in [-0.39, 0.29) is 12.4 Å². The molecule has 0 saturated heterocycles. The number of hydrogen-bond donors (Lipinski definition) is 2. The van der Waals surface area contributed by atoms with Gasteiger partial charge in [0.2, 0.25) is 0 Å². The molecule has 5 heteroatoms. The van der Waals surface area contributed by atoms with Crippen LogP contribution in [0.2, 0.25) is 0 Å². The number of aliphatic hydroxyl groups excluding tert-OH is 1. The Hall–Kier alpha value is -1.46. The zero-order valence-corrected chi connectivity index (χ0v) is 9.31. The van der Waals surface area contributed by atoms with Crippen LogP contribution in [0.15, 0.2) is 18.2 Å². The first-order valence-electron chi connectivity index (χ1n) is 5.76. The molecule has 90 valence electrons. The minimum Gasteiger partial charge on any atom is -0.384 e. The molecule has 1 saturated carbocycles. The first-order valence-corrected chi connectivity index (χ1v) is 5.76. The third-order valence-corrected chi connectivity index (χ3v) is 3.11. The maximum Gasteiger partial charge on any atom is 0.140 e. The Balaban J connectivity index is 2.22. The molecule has 1 aromatic carbocycles. The van der Waals surface area contributed by atoms with Crippen molar-refractivity contribution in [2.24, 2.45) is 5.73 Å².